The molecule has 0 amide bonds. The molecule has 2 aromatic rings. The van der Waals surface area contributed by atoms with E-state index in [9.17, 15) is 0 Å². The lowest BCUT2D eigenvalue weighted by Crippen LogP contribution is -2.18. The number of methoxy groups -OCH3 is 1. The van der Waals surface area contributed by atoms with Crippen LogP contribution in [0.1, 0.15) is 10.7 Å². The molecule has 8 heteroatoms. The highest BCUT2D eigenvalue weighted by Crippen LogP contribution is 2.23. The Bertz CT molecular complexity index is 484. The van der Waals surface area contributed by atoms with Crippen LogP contribution < -0.4 is 10.1 Å². The Balaban J connectivity index is 1.82. The Morgan fingerprint density at radius 1 is 1.44 bits per heavy atom. The Kier molecular flexibility index (Phi) is 4.62. The standard InChI is InChI=1S/C10H15N5O2S/c1-7-5-8(13-12-7)17-10-15-14-9(18-10)6-11-3-4-16-2/h5,11H,3-4,6H2,1-2H3,(H,12,13). The van der Waals surface area contributed by atoms with Crippen molar-refractivity contribution in [3.8, 4) is 11.1 Å². The van der Waals surface area contributed by atoms with Crippen molar-refractivity contribution in [2.24, 2.45) is 0 Å². The molecular formula is C10H15N5O2S. The highest BCUT2D eigenvalue weighted by Gasteiger charge is 2.07. The van der Waals surface area contributed by atoms with Gasteiger partial charge < -0.3 is 14.8 Å². The highest BCUT2D eigenvalue weighted by atomic mass is 32.1. The largest absolute Gasteiger partial charge is 0.409 e. The Hall–Kier alpha value is -1.51. The molecule has 0 unspecified atom stereocenters. The summed E-state index contributed by atoms with van der Waals surface area (Å²) in [5, 5.41) is 19.3. The molecule has 0 aromatic carbocycles. The van der Waals surface area contributed by atoms with Crippen LogP contribution in [-0.2, 0) is 11.3 Å². The van der Waals surface area contributed by atoms with Gasteiger partial charge in [-0.1, -0.05) is 16.4 Å². The summed E-state index contributed by atoms with van der Waals surface area (Å²) in [7, 11) is 1.67. The molecule has 0 aliphatic heterocycles. The van der Waals surface area contributed by atoms with Gasteiger partial charge in [-0.2, -0.15) is 0 Å². The smallest absolute Gasteiger partial charge is 0.300 e. The van der Waals surface area contributed by atoms with E-state index >= 15 is 0 Å². The number of aromatic amines is 1. The second-order valence-electron chi connectivity index (χ2n) is 3.62. The summed E-state index contributed by atoms with van der Waals surface area (Å²) in [6.07, 6.45) is 0. The molecule has 98 valence electrons. The van der Waals surface area contributed by atoms with Crippen molar-refractivity contribution in [3.63, 3.8) is 0 Å². The maximum atomic E-state index is 5.46. The van der Waals surface area contributed by atoms with Crippen molar-refractivity contribution in [2.45, 2.75) is 13.5 Å². The van der Waals surface area contributed by atoms with E-state index in [2.05, 4.69) is 25.7 Å². The van der Waals surface area contributed by atoms with Gasteiger partial charge in [-0.3, -0.25) is 5.10 Å². The number of ether oxygens (including phenoxy) is 2. The van der Waals surface area contributed by atoms with E-state index in [-0.39, 0.29) is 0 Å². The van der Waals surface area contributed by atoms with Crippen LogP contribution in [0.25, 0.3) is 0 Å². The first-order valence-electron chi connectivity index (χ1n) is 5.50. The second kappa shape index (κ2) is 6.43. The molecule has 2 heterocycles. The molecule has 0 radical (unpaired) electrons. The number of rotatable bonds is 7. The predicted molar refractivity (Wildman–Crippen MR) is 66.9 cm³/mol. The van der Waals surface area contributed by atoms with Crippen molar-refractivity contribution in [1.82, 2.24) is 25.7 Å². The summed E-state index contributed by atoms with van der Waals surface area (Å²) in [6.45, 7) is 4.02. The average molecular weight is 269 g/mol. The zero-order valence-corrected chi connectivity index (χ0v) is 11.1. The van der Waals surface area contributed by atoms with E-state index in [0.29, 0.717) is 24.2 Å². The second-order valence-corrected chi connectivity index (χ2v) is 4.65. The number of hydrogen-bond acceptors (Lipinski definition) is 7. The Morgan fingerprint density at radius 3 is 3.06 bits per heavy atom. The number of aryl methyl sites for hydroxylation is 1. The van der Waals surface area contributed by atoms with E-state index < -0.39 is 0 Å². The number of nitrogens with one attached hydrogen (secondary N) is 2. The van der Waals surface area contributed by atoms with Gasteiger partial charge in [-0.05, 0) is 6.92 Å². The maximum absolute atomic E-state index is 5.46. The summed E-state index contributed by atoms with van der Waals surface area (Å²) in [5.74, 6) is 0.502. The van der Waals surface area contributed by atoms with Crippen LogP contribution in [0.15, 0.2) is 6.07 Å². The summed E-state index contributed by atoms with van der Waals surface area (Å²) >= 11 is 1.39. The van der Waals surface area contributed by atoms with Crippen molar-refractivity contribution in [3.05, 3.63) is 16.8 Å². The third-order valence-electron chi connectivity index (χ3n) is 2.08. The monoisotopic (exact) mass is 269 g/mol. The molecule has 0 saturated carbocycles. The first kappa shape index (κ1) is 12.9. The van der Waals surface area contributed by atoms with Gasteiger partial charge in [0.1, 0.15) is 5.01 Å². The molecular weight excluding hydrogens is 254 g/mol. The minimum atomic E-state index is 0.491. The molecule has 0 fully saturated rings. The minimum Gasteiger partial charge on any atom is -0.409 e. The van der Waals surface area contributed by atoms with E-state index in [0.717, 1.165) is 17.2 Å². The van der Waals surface area contributed by atoms with Gasteiger partial charge >= 0.3 is 5.19 Å². The van der Waals surface area contributed by atoms with Gasteiger partial charge in [0.25, 0.3) is 0 Å². The maximum Gasteiger partial charge on any atom is 0.300 e. The fourth-order valence-electron chi connectivity index (χ4n) is 1.26. The Labute approximate surface area is 109 Å². The van der Waals surface area contributed by atoms with E-state index in [1.54, 1.807) is 13.2 Å². The summed E-state index contributed by atoms with van der Waals surface area (Å²) < 4.78 is 10.4. The molecule has 2 aromatic heterocycles. The summed E-state index contributed by atoms with van der Waals surface area (Å²) in [6, 6.07) is 1.80. The molecule has 0 bridgehead atoms. The van der Waals surface area contributed by atoms with Crippen LogP contribution in [0, 0.1) is 6.92 Å². The van der Waals surface area contributed by atoms with Crippen LogP contribution >= 0.6 is 11.3 Å². The molecule has 0 spiro atoms. The van der Waals surface area contributed by atoms with Crippen molar-refractivity contribution >= 4 is 11.3 Å². The van der Waals surface area contributed by atoms with Gasteiger partial charge in [0, 0.05) is 32.0 Å². The predicted octanol–water partition coefficient (Wildman–Crippen LogP) is 1.10. The SMILES string of the molecule is COCCNCc1nnc(Oc2cc(C)[nH]n2)s1. The first-order chi connectivity index (χ1) is 8.78. The van der Waals surface area contributed by atoms with Crippen LogP contribution in [0.4, 0.5) is 0 Å². The molecule has 0 aliphatic rings. The summed E-state index contributed by atoms with van der Waals surface area (Å²) in [5.41, 5.74) is 0.941. The highest BCUT2D eigenvalue weighted by molar-refractivity contribution is 7.13. The summed E-state index contributed by atoms with van der Waals surface area (Å²) in [4.78, 5) is 0. The lowest BCUT2D eigenvalue weighted by Gasteiger charge is -1.99. The molecule has 2 N–H and O–H groups in total. The number of H-pyrrole nitrogens is 1. The molecule has 2 rings (SSSR count). The number of hydrogen-bond donors (Lipinski definition) is 2. The van der Waals surface area contributed by atoms with Crippen LogP contribution in [0.3, 0.4) is 0 Å². The van der Waals surface area contributed by atoms with Crippen molar-refractivity contribution in [1.29, 1.82) is 0 Å². The topological polar surface area (TPSA) is 85.0 Å². The normalized spacial score (nSPS) is 10.8. The minimum absolute atomic E-state index is 0.491. The lowest BCUT2D eigenvalue weighted by molar-refractivity contribution is 0.199. The molecule has 0 aliphatic carbocycles. The van der Waals surface area contributed by atoms with E-state index in [1.165, 1.54) is 11.3 Å². The van der Waals surface area contributed by atoms with Crippen LogP contribution in [0.5, 0.6) is 11.1 Å². The van der Waals surface area contributed by atoms with Crippen LogP contribution in [0.2, 0.25) is 0 Å². The van der Waals surface area contributed by atoms with Crippen molar-refractivity contribution < 1.29 is 9.47 Å². The van der Waals surface area contributed by atoms with Gasteiger partial charge in [-0.15, -0.1) is 10.2 Å². The quantitative estimate of drug-likeness (QED) is 0.732. The lowest BCUT2D eigenvalue weighted by atomic mass is 10.5. The van der Waals surface area contributed by atoms with E-state index in [1.807, 2.05) is 6.92 Å². The Morgan fingerprint density at radius 2 is 2.33 bits per heavy atom. The third-order valence-corrected chi connectivity index (χ3v) is 2.88. The number of nitrogens with zero attached hydrogens (tertiary/aromatic N) is 3. The fraction of sp³-hybridized carbons (Fsp3) is 0.500. The van der Waals surface area contributed by atoms with Crippen LogP contribution in [-0.4, -0.2) is 40.7 Å². The third kappa shape index (κ3) is 3.76. The number of aromatic nitrogens is 4. The van der Waals surface area contributed by atoms with Gasteiger partial charge in [0.15, 0.2) is 0 Å². The van der Waals surface area contributed by atoms with E-state index in [4.69, 9.17) is 9.47 Å². The van der Waals surface area contributed by atoms with Gasteiger partial charge in [-0.25, -0.2) is 0 Å². The average Bonchev–Trinajstić information content (AvgIpc) is 2.95. The molecule has 7 nitrogen and oxygen atoms in total. The zero-order valence-electron chi connectivity index (χ0n) is 10.3. The van der Waals surface area contributed by atoms with Gasteiger partial charge in [0.05, 0.1) is 6.61 Å². The molecule has 0 saturated heterocycles. The molecule has 18 heavy (non-hydrogen) atoms. The first-order valence-corrected chi connectivity index (χ1v) is 6.31. The molecule has 0 atom stereocenters. The van der Waals surface area contributed by atoms with Crippen molar-refractivity contribution in [2.75, 3.05) is 20.3 Å². The zero-order chi connectivity index (χ0) is 12.8. The van der Waals surface area contributed by atoms with Gasteiger partial charge in [0.2, 0.25) is 5.88 Å². The fourth-order valence-corrected chi connectivity index (χ4v) is 1.92.